The molecular weight excluding hydrogens is 793 g/mol. The first kappa shape index (κ1) is 38.3. The van der Waals surface area contributed by atoms with Crippen LogP contribution in [-0.2, 0) is 0 Å². The van der Waals surface area contributed by atoms with E-state index < -0.39 is 0 Å². The van der Waals surface area contributed by atoms with Crippen molar-refractivity contribution < 1.29 is 4.42 Å². The maximum absolute atomic E-state index is 6.62. The van der Waals surface area contributed by atoms with E-state index in [2.05, 4.69) is 219 Å². The van der Waals surface area contributed by atoms with Gasteiger partial charge in [0.1, 0.15) is 11.2 Å². The monoisotopic (exact) mass is 834 g/mol. The predicted octanol–water partition coefficient (Wildman–Crippen LogP) is 16.4. The summed E-state index contributed by atoms with van der Waals surface area (Å²) in [4.78, 5) is 16.0. The number of para-hydroxylation sites is 1. The molecule has 0 radical (unpaired) electrons. The van der Waals surface area contributed by atoms with Crippen LogP contribution in [0, 0.1) is 0 Å². The topological polar surface area (TPSA) is 56.7 Å². The molecule has 0 N–H and O–H groups in total. The van der Waals surface area contributed by atoms with E-state index >= 15 is 0 Å². The highest BCUT2D eigenvalue weighted by Gasteiger charge is 2.23. The third-order valence-corrected chi connectivity index (χ3v) is 12.4. The highest BCUT2D eigenvalue weighted by molar-refractivity contribution is 6.22. The van der Waals surface area contributed by atoms with Crippen molar-refractivity contribution in [2.24, 2.45) is 0 Å². The van der Waals surface area contributed by atoms with Gasteiger partial charge in [0.25, 0.3) is 0 Å². The second kappa shape index (κ2) is 15.7. The van der Waals surface area contributed by atoms with Gasteiger partial charge in [0.2, 0.25) is 5.95 Å². The molecule has 3 aromatic heterocycles. The Morgan fingerprint density at radius 3 is 1.72 bits per heavy atom. The summed E-state index contributed by atoms with van der Waals surface area (Å²) in [6, 6.07) is 72.7. The molecule has 5 heteroatoms. The Labute approximate surface area is 375 Å². The molecule has 65 heavy (non-hydrogen) atoms. The molecule has 0 saturated heterocycles. The fourth-order valence-electron chi connectivity index (χ4n) is 9.47. The minimum Gasteiger partial charge on any atom is -0.456 e. The second-order valence-corrected chi connectivity index (χ2v) is 16.7. The van der Waals surface area contributed by atoms with E-state index in [1.54, 1.807) is 0 Å². The van der Waals surface area contributed by atoms with Gasteiger partial charge in [-0.05, 0) is 67.9 Å². The molecule has 0 aliphatic heterocycles. The molecule has 0 atom stereocenters. The lowest BCUT2D eigenvalue weighted by atomic mass is 9.99. The Morgan fingerprint density at radius 1 is 0.369 bits per heavy atom. The first-order valence-corrected chi connectivity index (χ1v) is 22.3. The van der Waals surface area contributed by atoms with Gasteiger partial charge in [0, 0.05) is 43.6 Å². The van der Waals surface area contributed by atoms with Crippen LogP contribution < -0.4 is 0 Å². The number of benzene rings is 10. The highest BCUT2D eigenvalue weighted by Crippen LogP contribution is 2.43. The minimum atomic E-state index is 0.547. The summed E-state index contributed by atoms with van der Waals surface area (Å²) >= 11 is 0. The van der Waals surface area contributed by atoms with E-state index in [1.165, 1.54) is 17.2 Å². The van der Waals surface area contributed by atoms with Crippen molar-refractivity contribution in [3.8, 4) is 51.0 Å². The van der Waals surface area contributed by atoms with Crippen molar-refractivity contribution in [2.45, 2.75) is 20.3 Å². The van der Waals surface area contributed by atoms with Crippen molar-refractivity contribution in [1.82, 2.24) is 19.5 Å². The molecular formula is C60H42N4O. The maximum Gasteiger partial charge on any atom is 0.238 e. The fraction of sp³-hybridized carbons (Fsp3) is 0.0500. The first-order chi connectivity index (χ1) is 32.1. The third kappa shape index (κ3) is 6.51. The molecule has 13 rings (SSSR count). The minimum absolute atomic E-state index is 0.547. The zero-order chi connectivity index (χ0) is 43.4. The molecule has 0 aliphatic carbocycles. The number of hydrogen-bond donors (Lipinski definition) is 0. The molecule has 0 saturated carbocycles. The number of fused-ring (bicyclic) bond motifs is 11. The fourth-order valence-corrected chi connectivity index (χ4v) is 9.47. The summed E-state index contributed by atoms with van der Waals surface area (Å²) in [6.45, 7) is 4.25. The predicted molar refractivity (Wildman–Crippen MR) is 272 cm³/mol. The van der Waals surface area contributed by atoms with Crippen LogP contribution in [0.25, 0.3) is 127 Å². The average Bonchev–Trinajstić information content (AvgIpc) is 3.93. The van der Waals surface area contributed by atoms with Crippen molar-refractivity contribution in [3.63, 3.8) is 0 Å². The number of rotatable bonds is 5. The Bertz CT molecular complexity index is 3940. The van der Waals surface area contributed by atoms with Gasteiger partial charge in [-0.1, -0.05) is 202 Å². The molecule has 0 aliphatic rings. The van der Waals surface area contributed by atoms with Gasteiger partial charge in [-0.2, -0.15) is 9.97 Å². The maximum atomic E-state index is 6.62. The Morgan fingerprint density at radius 2 is 0.923 bits per heavy atom. The van der Waals surface area contributed by atoms with E-state index in [1.807, 2.05) is 6.07 Å². The Hall–Kier alpha value is -8.41. The van der Waals surface area contributed by atoms with Crippen LogP contribution in [0.15, 0.2) is 211 Å². The van der Waals surface area contributed by atoms with E-state index in [0.717, 1.165) is 98.7 Å². The second-order valence-electron chi connectivity index (χ2n) is 16.7. The lowest BCUT2D eigenvalue weighted by molar-refractivity contribution is 0.669. The molecule has 5 nitrogen and oxygen atoms in total. The Balaban J connectivity index is 0.00000144. The van der Waals surface area contributed by atoms with E-state index in [9.17, 15) is 0 Å². The number of nitrogens with zero attached hydrogens (tertiary/aromatic N) is 4. The van der Waals surface area contributed by atoms with Crippen LogP contribution in [-0.4, -0.2) is 19.5 Å². The van der Waals surface area contributed by atoms with Crippen LogP contribution in [0.1, 0.15) is 20.3 Å². The smallest absolute Gasteiger partial charge is 0.238 e. The lowest BCUT2D eigenvalue weighted by Gasteiger charge is -2.14. The van der Waals surface area contributed by atoms with Crippen LogP contribution >= 0.6 is 0 Å². The number of aromatic nitrogens is 4. The normalized spacial score (nSPS) is 11.6. The van der Waals surface area contributed by atoms with Gasteiger partial charge in [0.15, 0.2) is 11.6 Å². The van der Waals surface area contributed by atoms with Crippen molar-refractivity contribution in [1.29, 1.82) is 0 Å². The van der Waals surface area contributed by atoms with Crippen LogP contribution in [0.4, 0.5) is 0 Å². The lowest BCUT2D eigenvalue weighted by Crippen LogP contribution is -2.07. The van der Waals surface area contributed by atoms with E-state index in [0.29, 0.717) is 17.6 Å². The largest absolute Gasteiger partial charge is 0.456 e. The van der Waals surface area contributed by atoms with Gasteiger partial charge < -0.3 is 4.42 Å². The molecule has 0 unspecified atom stereocenters. The Kier molecular flexibility index (Phi) is 9.27. The summed E-state index contributed by atoms with van der Waals surface area (Å²) < 4.78 is 8.89. The van der Waals surface area contributed by atoms with Gasteiger partial charge in [0.05, 0.1) is 11.0 Å². The number of furan rings is 1. The van der Waals surface area contributed by atoms with Gasteiger partial charge in [-0.3, -0.25) is 4.57 Å². The highest BCUT2D eigenvalue weighted by atomic mass is 16.3. The standard InChI is InChI=1S/C57H34N4O.C3H8/c1-2-11-35(12-3-1)37-21-24-40(25-22-37)55-58-56(43-26-23-36-13-4-5-16-41(36)33-43)60-57(59-55)61-53-45-18-9-7-15-39(45)27-30-48(53)47-20-10-19-46(54(47)61)42-28-31-49-51(34-42)62-50-32-29-38-14-6-8-17-44(38)52(49)50;1-3-2/h1-34H;3H2,1-2H3. The molecule has 0 bridgehead atoms. The molecule has 13 aromatic rings. The summed E-state index contributed by atoms with van der Waals surface area (Å²) in [6.07, 6.45) is 1.25. The van der Waals surface area contributed by atoms with Crippen LogP contribution in [0.5, 0.6) is 0 Å². The summed E-state index contributed by atoms with van der Waals surface area (Å²) in [5.41, 5.74) is 10.00. The SMILES string of the molecule is CCC.c1ccc(-c2ccc(-c3nc(-c4ccc5ccccc5c4)nc(-n4c5c(-c6ccc7c(c6)oc6ccc8ccccc8c67)cccc5c5ccc6ccccc6c54)n3)cc2)cc1. The third-order valence-electron chi connectivity index (χ3n) is 12.4. The van der Waals surface area contributed by atoms with E-state index in [4.69, 9.17) is 19.4 Å². The zero-order valence-electron chi connectivity index (χ0n) is 36.0. The summed E-state index contributed by atoms with van der Waals surface area (Å²) in [5.74, 6) is 1.75. The quantitative estimate of drug-likeness (QED) is 0.173. The van der Waals surface area contributed by atoms with Crippen molar-refractivity contribution in [2.75, 3.05) is 0 Å². The molecule has 0 spiro atoms. The molecule has 3 heterocycles. The summed E-state index contributed by atoms with van der Waals surface area (Å²) in [7, 11) is 0. The average molecular weight is 835 g/mol. The zero-order valence-corrected chi connectivity index (χ0v) is 36.0. The van der Waals surface area contributed by atoms with Gasteiger partial charge in [-0.15, -0.1) is 0 Å². The molecule has 0 amide bonds. The van der Waals surface area contributed by atoms with Crippen LogP contribution in [0.3, 0.4) is 0 Å². The van der Waals surface area contributed by atoms with Crippen molar-refractivity contribution in [3.05, 3.63) is 206 Å². The van der Waals surface area contributed by atoms with Crippen molar-refractivity contribution >= 4 is 76.1 Å². The molecule has 308 valence electrons. The van der Waals surface area contributed by atoms with Crippen LogP contribution in [0.2, 0.25) is 0 Å². The molecule has 0 fully saturated rings. The van der Waals surface area contributed by atoms with Gasteiger partial charge in [-0.25, -0.2) is 4.98 Å². The molecule has 10 aromatic carbocycles. The summed E-state index contributed by atoms with van der Waals surface area (Å²) in [5, 5.41) is 11.4. The van der Waals surface area contributed by atoms with Gasteiger partial charge >= 0.3 is 0 Å². The van der Waals surface area contributed by atoms with E-state index in [-0.39, 0.29) is 0 Å². The number of hydrogen-bond acceptors (Lipinski definition) is 4. The first-order valence-electron chi connectivity index (χ1n) is 22.3.